The number of rotatable bonds is 34. The number of unbranched alkanes of at least 4 members (excludes halogenated alkanes) is 29. The summed E-state index contributed by atoms with van der Waals surface area (Å²) in [4.78, 5) is 0. The van der Waals surface area contributed by atoms with E-state index in [1.165, 1.54) is 193 Å². The fourth-order valence-electron chi connectivity index (χ4n) is 5.68. The average Bonchev–Trinajstić information content (AvgIpc) is 2.98. The Morgan fingerprint density at radius 1 is 0.293 bits per heavy atom. The molecule has 0 aromatic rings. The molecule has 0 amide bonds. The minimum Gasteiger partial charge on any atom is -0.0991 e. The van der Waals surface area contributed by atoms with E-state index in [1.807, 2.05) is 24.3 Å². The molecule has 0 saturated carbocycles. The number of hydrogen-bond donors (Lipinski definition) is 0. The molecule has 0 aliphatic carbocycles. The summed E-state index contributed by atoms with van der Waals surface area (Å²) in [6.45, 7) is 5.96. The summed E-state index contributed by atoms with van der Waals surface area (Å²) in [5, 5.41) is 0. The van der Waals surface area contributed by atoms with Gasteiger partial charge in [-0.25, -0.2) is 0 Å². The maximum Gasteiger partial charge on any atom is -0.0348 e. The maximum atomic E-state index is 3.66. The van der Waals surface area contributed by atoms with Crippen LogP contribution in [0.1, 0.15) is 200 Å². The predicted molar refractivity (Wildman–Crippen MR) is 191 cm³/mol. The van der Waals surface area contributed by atoms with Crippen LogP contribution in [0.25, 0.3) is 0 Å². The predicted octanol–water partition coefficient (Wildman–Crippen LogP) is 15.1. The summed E-state index contributed by atoms with van der Waals surface area (Å²) >= 11 is 0. The molecular formula is C41H74. The van der Waals surface area contributed by atoms with Crippen LogP contribution in [0.5, 0.6) is 0 Å². The van der Waals surface area contributed by atoms with Crippen molar-refractivity contribution in [1.82, 2.24) is 0 Å². The summed E-state index contributed by atoms with van der Waals surface area (Å²) in [6.07, 6.45) is 62.0. The maximum absolute atomic E-state index is 3.66. The zero-order valence-corrected chi connectivity index (χ0v) is 28.1. The van der Waals surface area contributed by atoms with Gasteiger partial charge in [-0.1, -0.05) is 248 Å². The van der Waals surface area contributed by atoms with Crippen molar-refractivity contribution >= 4 is 0 Å². The SMILES string of the molecule is C=CC=CC=CC=CC=CCCCCCCCCCCCCCCCCCCCCCCCCCCCCCCC. The molecule has 0 aromatic carbocycles. The van der Waals surface area contributed by atoms with Gasteiger partial charge < -0.3 is 0 Å². The first-order valence-corrected chi connectivity index (χ1v) is 18.7. The van der Waals surface area contributed by atoms with Gasteiger partial charge in [-0.3, -0.25) is 0 Å². The first-order chi connectivity index (χ1) is 20.4. The van der Waals surface area contributed by atoms with E-state index >= 15 is 0 Å². The lowest BCUT2D eigenvalue weighted by Gasteiger charge is -2.04. The zero-order valence-electron chi connectivity index (χ0n) is 28.1. The second-order valence-electron chi connectivity index (χ2n) is 12.5. The van der Waals surface area contributed by atoms with Crippen LogP contribution in [-0.2, 0) is 0 Å². The summed E-state index contributed by atoms with van der Waals surface area (Å²) in [5.74, 6) is 0. The van der Waals surface area contributed by atoms with Crippen molar-refractivity contribution in [3.63, 3.8) is 0 Å². The van der Waals surface area contributed by atoms with Crippen LogP contribution in [0.2, 0.25) is 0 Å². The molecule has 0 unspecified atom stereocenters. The van der Waals surface area contributed by atoms with Crippen LogP contribution in [0, 0.1) is 0 Å². The molecule has 0 aliphatic heterocycles. The Kier molecular flexibility index (Phi) is 37.5. The number of hydrogen-bond acceptors (Lipinski definition) is 0. The Morgan fingerprint density at radius 3 is 0.829 bits per heavy atom. The zero-order chi connectivity index (χ0) is 29.6. The van der Waals surface area contributed by atoms with E-state index in [0.717, 1.165) is 0 Å². The molecule has 0 N–H and O–H groups in total. The lowest BCUT2D eigenvalue weighted by atomic mass is 10.0. The largest absolute Gasteiger partial charge is 0.0991 e. The van der Waals surface area contributed by atoms with Gasteiger partial charge in [0.2, 0.25) is 0 Å². The first-order valence-electron chi connectivity index (χ1n) is 18.7. The average molecular weight is 567 g/mol. The fourth-order valence-corrected chi connectivity index (χ4v) is 5.68. The quantitative estimate of drug-likeness (QED) is 0.0536. The van der Waals surface area contributed by atoms with Crippen LogP contribution >= 0.6 is 0 Å². The topological polar surface area (TPSA) is 0 Å². The van der Waals surface area contributed by atoms with Gasteiger partial charge in [0.15, 0.2) is 0 Å². The van der Waals surface area contributed by atoms with E-state index in [-0.39, 0.29) is 0 Å². The van der Waals surface area contributed by atoms with Gasteiger partial charge in [-0.2, -0.15) is 0 Å². The molecule has 0 bridgehead atoms. The van der Waals surface area contributed by atoms with Crippen LogP contribution in [0.4, 0.5) is 0 Å². The summed E-state index contributed by atoms with van der Waals surface area (Å²) in [7, 11) is 0. The van der Waals surface area contributed by atoms with Gasteiger partial charge in [-0.15, -0.1) is 0 Å². The lowest BCUT2D eigenvalue weighted by Crippen LogP contribution is -1.85. The van der Waals surface area contributed by atoms with Gasteiger partial charge in [0.25, 0.3) is 0 Å². The molecule has 0 heteroatoms. The van der Waals surface area contributed by atoms with Gasteiger partial charge in [-0.05, 0) is 12.8 Å². The smallest absolute Gasteiger partial charge is 0.0348 e. The highest BCUT2D eigenvalue weighted by molar-refractivity contribution is 5.17. The highest BCUT2D eigenvalue weighted by Crippen LogP contribution is 2.16. The van der Waals surface area contributed by atoms with Gasteiger partial charge in [0.1, 0.15) is 0 Å². The highest BCUT2D eigenvalue weighted by atomic mass is 14.0. The molecule has 0 fully saturated rings. The third-order valence-electron chi connectivity index (χ3n) is 8.41. The van der Waals surface area contributed by atoms with Crippen molar-refractivity contribution in [2.75, 3.05) is 0 Å². The fraction of sp³-hybridized carbons (Fsp3) is 0.756. The van der Waals surface area contributed by atoms with Crippen LogP contribution in [0.15, 0.2) is 61.3 Å². The molecule has 0 aliphatic rings. The highest BCUT2D eigenvalue weighted by Gasteiger charge is 1.96. The summed E-state index contributed by atoms with van der Waals surface area (Å²) in [5.41, 5.74) is 0. The van der Waals surface area contributed by atoms with Crippen molar-refractivity contribution in [2.45, 2.75) is 200 Å². The molecule has 0 spiro atoms. The Balaban J connectivity index is 3.12. The standard InChI is InChI=1S/C41H74/c1-3-5-7-9-11-13-15-17-19-21-23-25-27-29-31-33-35-37-39-41-40-38-36-34-32-30-28-26-24-22-20-18-16-14-12-10-8-6-4-2/h3,5,7,9,11,13,15,17,19H,1,4,6,8,10,12,14,16,18,20-41H2,2H3. The molecule has 238 valence electrons. The van der Waals surface area contributed by atoms with Crippen LogP contribution < -0.4 is 0 Å². The van der Waals surface area contributed by atoms with Gasteiger partial charge in [0.05, 0.1) is 0 Å². The molecule has 0 saturated heterocycles. The van der Waals surface area contributed by atoms with E-state index in [1.54, 1.807) is 6.08 Å². The molecule has 41 heavy (non-hydrogen) atoms. The van der Waals surface area contributed by atoms with Crippen LogP contribution in [-0.4, -0.2) is 0 Å². The minimum atomic E-state index is 1.21. The Hall–Kier alpha value is -1.30. The van der Waals surface area contributed by atoms with E-state index in [9.17, 15) is 0 Å². The van der Waals surface area contributed by atoms with Crippen molar-refractivity contribution in [3.8, 4) is 0 Å². The van der Waals surface area contributed by atoms with Crippen molar-refractivity contribution in [2.24, 2.45) is 0 Å². The third-order valence-corrected chi connectivity index (χ3v) is 8.41. The molecule has 0 atom stereocenters. The van der Waals surface area contributed by atoms with E-state index in [2.05, 4.69) is 37.8 Å². The molecule has 0 radical (unpaired) electrons. The monoisotopic (exact) mass is 567 g/mol. The Labute approximate surface area is 260 Å². The summed E-state index contributed by atoms with van der Waals surface area (Å²) < 4.78 is 0. The minimum absolute atomic E-state index is 1.21. The second-order valence-corrected chi connectivity index (χ2v) is 12.5. The van der Waals surface area contributed by atoms with E-state index in [4.69, 9.17) is 0 Å². The van der Waals surface area contributed by atoms with E-state index < -0.39 is 0 Å². The Bertz CT molecular complexity index is 589. The Morgan fingerprint density at radius 2 is 0.537 bits per heavy atom. The van der Waals surface area contributed by atoms with Crippen molar-refractivity contribution in [1.29, 1.82) is 0 Å². The van der Waals surface area contributed by atoms with Gasteiger partial charge >= 0.3 is 0 Å². The normalized spacial score (nSPS) is 12.2. The summed E-state index contributed by atoms with van der Waals surface area (Å²) in [6, 6.07) is 0. The molecule has 0 nitrogen and oxygen atoms in total. The lowest BCUT2D eigenvalue weighted by molar-refractivity contribution is 0.513. The van der Waals surface area contributed by atoms with E-state index in [0.29, 0.717) is 0 Å². The first kappa shape index (κ1) is 39.7. The third kappa shape index (κ3) is 38.7. The van der Waals surface area contributed by atoms with Crippen molar-refractivity contribution in [3.05, 3.63) is 61.3 Å². The van der Waals surface area contributed by atoms with Crippen molar-refractivity contribution < 1.29 is 0 Å². The molecule has 0 rings (SSSR count). The molecule has 0 heterocycles. The second kappa shape index (κ2) is 38.7. The van der Waals surface area contributed by atoms with Crippen LogP contribution in [0.3, 0.4) is 0 Å². The molecular weight excluding hydrogens is 492 g/mol. The van der Waals surface area contributed by atoms with Gasteiger partial charge in [0, 0.05) is 0 Å². The molecule has 0 aromatic heterocycles. The number of allylic oxidation sites excluding steroid dienone is 9.